The fourth-order valence-electron chi connectivity index (χ4n) is 3.96. The Morgan fingerprint density at radius 2 is 1.68 bits per heavy atom. The normalized spacial score (nSPS) is 14.4. The van der Waals surface area contributed by atoms with Crippen molar-refractivity contribution in [3.8, 4) is 0 Å². The third-order valence-electron chi connectivity index (χ3n) is 6.11. The van der Waals surface area contributed by atoms with Gasteiger partial charge in [-0.05, 0) is 17.5 Å². The number of benzene rings is 1. The van der Waals surface area contributed by atoms with E-state index in [4.69, 9.17) is 5.73 Å². The van der Waals surface area contributed by atoms with Gasteiger partial charge in [-0.15, -0.1) is 0 Å². The van der Waals surface area contributed by atoms with Crippen molar-refractivity contribution in [1.29, 1.82) is 0 Å². The van der Waals surface area contributed by atoms with Crippen molar-refractivity contribution in [3.05, 3.63) is 54.2 Å². The molecule has 0 saturated heterocycles. The Morgan fingerprint density at radius 1 is 0.974 bits per heavy atom. The van der Waals surface area contributed by atoms with Gasteiger partial charge in [-0.1, -0.05) is 32.0 Å². The van der Waals surface area contributed by atoms with Crippen LogP contribution in [0.1, 0.15) is 25.1 Å². The minimum absolute atomic E-state index is 0.0296. The number of nitrogens with two attached hydrogens (primary N) is 1. The second kappa shape index (κ2) is 12.8. The van der Waals surface area contributed by atoms with Crippen LogP contribution in [0.15, 0.2) is 43.0 Å². The van der Waals surface area contributed by atoms with Crippen molar-refractivity contribution >= 4 is 34.6 Å². The number of para-hydroxylation sites is 1. The first-order valence-electron chi connectivity index (χ1n) is 12.1. The molecule has 4 atom stereocenters. The molecule has 0 bridgehead atoms. The number of aliphatic carboxylic acids is 1. The number of nitrogens with one attached hydrogen (secondary N) is 5. The van der Waals surface area contributed by atoms with Gasteiger partial charge < -0.3 is 41.9 Å². The maximum atomic E-state index is 13.4. The van der Waals surface area contributed by atoms with E-state index < -0.39 is 60.4 Å². The van der Waals surface area contributed by atoms with Crippen molar-refractivity contribution in [1.82, 2.24) is 30.9 Å². The number of nitrogens with zero attached hydrogens (tertiary/aromatic N) is 1. The lowest BCUT2D eigenvalue weighted by Crippen LogP contribution is -2.59. The van der Waals surface area contributed by atoms with Gasteiger partial charge in [-0.3, -0.25) is 14.4 Å². The number of carboxylic acid groups (broad SMARTS) is 1. The largest absolute Gasteiger partial charge is 0.480 e. The lowest BCUT2D eigenvalue weighted by atomic mass is 10.00. The minimum atomic E-state index is -1.26. The molecule has 3 aromatic rings. The number of amides is 3. The maximum absolute atomic E-state index is 13.4. The van der Waals surface area contributed by atoms with E-state index in [1.807, 2.05) is 24.3 Å². The van der Waals surface area contributed by atoms with Crippen LogP contribution in [-0.4, -0.2) is 79.6 Å². The van der Waals surface area contributed by atoms with Crippen LogP contribution in [0.3, 0.4) is 0 Å². The molecule has 0 aliphatic carbocycles. The summed E-state index contributed by atoms with van der Waals surface area (Å²) in [5.41, 5.74) is 7.75. The second-order valence-electron chi connectivity index (χ2n) is 9.32. The number of H-pyrrole nitrogens is 2. The molecule has 0 saturated carbocycles. The third kappa shape index (κ3) is 7.17. The van der Waals surface area contributed by atoms with E-state index in [0.717, 1.165) is 16.5 Å². The molecule has 0 aliphatic heterocycles. The molecule has 3 rings (SSSR count). The quantitative estimate of drug-likeness (QED) is 0.140. The van der Waals surface area contributed by atoms with Gasteiger partial charge >= 0.3 is 5.97 Å². The average molecular weight is 528 g/mol. The van der Waals surface area contributed by atoms with Crippen LogP contribution < -0.4 is 21.7 Å². The standard InChI is InChI=1S/C25H33N7O6/c1-13(2)21(24(36)31-20(25(37)38)8-15-10-27-12-29-15)32-23(35)19(30-22(34)17(26)11-33)7-14-9-28-18-6-4-3-5-16(14)18/h3-6,9-10,12-13,17,19-21,28,33H,7-8,11,26H2,1-2H3,(H,27,29)(H,30,34)(H,31,36)(H,32,35)(H,37,38). The number of aliphatic hydroxyl groups excluding tert-OH is 1. The van der Waals surface area contributed by atoms with Gasteiger partial charge in [0.25, 0.3) is 0 Å². The fourth-order valence-corrected chi connectivity index (χ4v) is 3.96. The zero-order chi connectivity index (χ0) is 27.8. The third-order valence-corrected chi connectivity index (χ3v) is 6.11. The lowest BCUT2D eigenvalue weighted by Gasteiger charge is -2.27. The zero-order valence-electron chi connectivity index (χ0n) is 21.1. The summed E-state index contributed by atoms with van der Waals surface area (Å²) < 4.78 is 0. The number of hydrogen-bond donors (Lipinski definition) is 8. The van der Waals surface area contributed by atoms with Crippen molar-refractivity contribution < 1.29 is 29.4 Å². The first-order valence-corrected chi connectivity index (χ1v) is 12.1. The van der Waals surface area contributed by atoms with E-state index in [-0.39, 0.29) is 12.8 Å². The Kier molecular flexibility index (Phi) is 9.57. The summed E-state index contributed by atoms with van der Waals surface area (Å²) in [6.07, 6.45) is 4.63. The van der Waals surface area contributed by atoms with Crippen molar-refractivity contribution in [2.45, 2.75) is 50.9 Å². The molecule has 4 unspecified atom stereocenters. The fraction of sp³-hybridized carbons (Fsp3) is 0.400. The Balaban J connectivity index is 1.79. The molecule has 38 heavy (non-hydrogen) atoms. The Bertz CT molecular complexity index is 1260. The van der Waals surface area contributed by atoms with Crippen molar-refractivity contribution in [3.63, 3.8) is 0 Å². The van der Waals surface area contributed by atoms with E-state index in [1.54, 1.807) is 20.0 Å². The highest BCUT2D eigenvalue weighted by atomic mass is 16.4. The molecule has 13 nitrogen and oxygen atoms in total. The minimum Gasteiger partial charge on any atom is -0.480 e. The van der Waals surface area contributed by atoms with E-state index in [0.29, 0.717) is 5.69 Å². The molecule has 0 fully saturated rings. The number of aromatic nitrogens is 3. The molecule has 0 radical (unpaired) electrons. The van der Waals surface area contributed by atoms with E-state index in [9.17, 15) is 29.4 Å². The summed E-state index contributed by atoms with van der Waals surface area (Å²) in [5.74, 6) is -3.75. The van der Waals surface area contributed by atoms with Crippen LogP contribution in [0, 0.1) is 5.92 Å². The van der Waals surface area contributed by atoms with Crippen LogP contribution >= 0.6 is 0 Å². The number of fused-ring (bicyclic) bond motifs is 1. The number of aromatic amines is 2. The van der Waals surface area contributed by atoms with Crippen LogP contribution in [0.5, 0.6) is 0 Å². The van der Waals surface area contributed by atoms with Gasteiger partial charge in [0.1, 0.15) is 24.2 Å². The Hall–Kier alpha value is -4.23. The van der Waals surface area contributed by atoms with Gasteiger partial charge in [-0.2, -0.15) is 0 Å². The Labute approximate surface area is 218 Å². The van der Waals surface area contributed by atoms with E-state index in [2.05, 4.69) is 30.9 Å². The first kappa shape index (κ1) is 28.3. The summed E-state index contributed by atoms with van der Waals surface area (Å²) >= 11 is 0. The predicted molar refractivity (Wildman–Crippen MR) is 138 cm³/mol. The molecular formula is C25H33N7O6. The van der Waals surface area contributed by atoms with E-state index >= 15 is 0 Å². The molecule has 204 valence electrons. The number of carbonyl (C=O) groups is 4. The number of aliphatic hydroxyl groups is 1. The molecule has 13 heteroatoms. The number of hydrogen-bond acceptors (Lipinski definition) is 7. The topological polar surface area (TPSA) is 215 Å². The summed E-state index contributed by atoms with van der Waals surface area (Å²) in [7, 11) is 0. The van der Waals surface area contributed by atoms with Crippen molar-refractivity contribution in [2.75, 3.05) is 6.61 Å². The molecule has 0 aliphatic rings. The average Bonchev–Trinajstić information content (AvgIpc) is 3.55. The molecule has 3 amide bonds. The number of carbonyl (C=O) groups excluding carboxylic acids is 3. The highest BCUT2D eigenvalue weighted by molar-refractivity contribution is 5.95. The maximum Gasteiger partial charge on any atom is 0.326 e. The van der Waals surface area contributed by atoms with Gasteiger partial charge in [0.05, 0.1) is 12.9 Å². The molecule has 2 heterocycles. The molecule has 1 aromatic carbocycles. The van der Waals surface area contributed by atoms with Crippen molar-refractivity contribution in [2.24, 2.45) is 11.7 Å². The van der Waals surface area contributed by atoms with Crippen LogP contribution in [-0.2, 0) is 32.0 Å². The van der Waals surface area contributed by atoms with Gasteiger partial charge in [0.15, 0.2) is 0 Å². The summed E-state index contributed by atoms with van der Waals surface area (Å²) in [4.78, 5) is 60.5. The van der Waals surface area contributed by atoms with Crippen LogP contribution in [0.25, 0.3) is 10.9 Å². The van der Waals surface area contributed by atoms with Gasteiger partial charge in [0, 0.05) is 41.8 Å². The number of carboxylic acids is 1. The molecular weight excluding hydrogens is 494 g/mol. The molecule has 2 aromatic heterocycles. The van der Waals surface area contributed by atoms with Gasteiger partial charge in [-0.25, -0.2) is 9.78 Å². The van der Waals surface area contributed by atoms with E-state index in [1.165, 1.54) is 12.5 Å². The van der Waals surface area contributed by atoms with Crippen LogP contribution in [0.2, 0.25) is 0 Å². The zero-order valence-corrected chi connectivity index (χ0v) is 21.1. The highest BCUT2D eigenvalue weighted by Crippen LogP contribution is 2.19. The monoisotopic (exact) mass is 527 g/mol. The molecule has 9 N–H and O–H groups in total. The smallest absolute Gasteiger partial charge is 0.326 e. The summed E-state index contributed by atoms with van der Waals surface area (Å²) in [5, 5.41) is 27.4. The van der Waals surface area contributed by atoms with Crippen LogP contribution in [0.4, 0.5) is 0 Å². The summed E-state index contributed by atoms with van der Waals surface area (Å²) in [6, 6.07) is 2.71. The highest BCUT2D eigenvalue weighted by Gasteiger charge is 2.32. The number of imidazole rings is 1. The molecule has 0 spiro atoms. The summed E-state index contributed by atoms with van der Waals surface area (Å²) in [6.45, 7) is 2.78. The SMILES string of the molecule is CC(C)C(NC(=O)C(Cc1c[nH]c2ccccc12)NC(=O)C(N)CO)C(=O)NC(Cc1cnc[nH]1)C(=O)O. The predicted octanol–water partition coefficient (Wildman–Crippen LogP) is -0.809. The number of rotatable bonds is 13. The first-order chi connectivity index (χ1) is 18.1. The lowest BCUT2D eigenvalue weighted by molar-refractivity contribution is -0.142. The van der Waals surface area contributed by atoms with Gasteiger partial charge in [0.2, 0.25) is 17.7 Å². The second-order valence-corrected chi connectivity index (χ2v) is 9.32. The Morgan fingerprint density at radius 3 is 2.32 bits per heavy atom.